The minimum absolute atomic E-state index is 0.115. The SMILES string of the molecule is COc1ccc(C(=O)c2ccoc2)cc1F. The summed E-state index contributed by atoms with van der Waals surface area (Å²) >= 11 is 0. The average molecular weight is 220 g/mol. The van der Waals surface area contributed by atoms with Crippen LogP contribution < -0.4 is 4.74 Å². The van der Waals surface area contributed by atoms with Gasteiger partial charge in [0.05, 0.1) is 18.9 Å². The van der Waals surface area contributed by atoms with Crippen molar-refractivity contribution in [3.8, 4) is 5.75 Å². The molecule has 0 radical (unpaired) electrons. The van der Waals surface area contributed by atoms with E-state index < -0.39 is 5.82 Å². The molecule has 0 atom stereocenters. The van der Waals surface area contributed by atoms with Crippen molar-refractivity contribution < 1.29 is 18.3 Å². The number of ether oxygens (including phenoxy) is 1. The topological polar surface area (TPSA) is 39.4 Å². The highest BCUT2D eigenvalue weighted by Crippen LogP contribution is 2.19. The summed E-state index contributed by atoms with van der Waals surface area (Å²) in [4.78, 5) is 11.8. The van der Waals surface area contributed by atoms with E-state index in [9.17, 15) is 9.18 Å². The number of rotatable bonds is 3. The minimum atomic E-state index is -0.558. The third kappa shape index (κ3) is 1.82. The highest BCUT2D eigenvalue weighted by Gasteiger charge is 2.12. The predicted octanol–water partition coefficient (Wildman–Crippen LogP) is 2.66. The maximum Gasteiger partial charge on any atom is 0.196 e. The second-order valence-corrected chi connectivity index (χ2v) is 3.19. The molecular formula is C12H9FO3. The molecule has 0 unspecified atom stereocenters. The number of carbonyl (C=O) groups excluding carboxylic acids is 1. The number of carbonyl (C=O) groups is 1. The van der Waals surface area contributed by atoms with E-state index in [1.54, 1.807) is 0 Å². The smallest absolute Gasteiger partial charge is 0.196 e. The van der Waals surface area contributed by atoms with Gasteiger partial charge >= 0.3 is 0 Å². The first-order valence-corrected chi connectivity index (χ1v) is 4.63. The third-order valence-electron chi connectivity index (χ3n) is 2.20. The molecule has 1 heterocycles. The third-order valence-corrected chi connectivity index (χ3v) is 2.20. The predicted molar refractivity (Wildman–Crippen MR) is 55.1 cm³/mol. The van der Waals surface area contributed by atoms with E-state index in [1.165, 1.54) is 37.8 Å². The molecule has 0 amide bonds. The maximum atomic E-state index is 13.4. The Labute approximate surface area is 91.5 Å². The molecule has 82 valence electrons. The molecule has 0 aliphatic carbocycles. The first kappa shape index (κ1) is 10.4. The molecule has 0 aliphatic rings. The van der Waals surface area contributed by atoms with Gasteiger partial charge in [0.25, 0.3) is 0 Å². The van der Waals surface area contributed by atoms with Crippen LogP contribution in [0.5, 0.6) is 5.75 Å². The Morgan fingerprint density at radius 3 is 2.69 bits per heavy atom. The van der Waals surface area contributed by atoms with E-state index in [1.807, 2.05) is 0 Å². The van der Waals surface area contributed by atoms with Crippen LogP contribution in [0.25, 0.3) is 0 Å². The van der Waals surface area contributed by atoms with Gasteiger partial charge in [-0.25, -0.2) is 4.39 Å². The van der Waals surface area contributed by atoms with Gasteiger partial charge in [-0.15, -0.1) is 0 Å². The van der Waals surface area contributed by atoms with Crippen LogP contribution in [-0.2, 0) is 0 Å². The monoisotopic (exact) mass is 220 g/mol. The summed E-state index contributed by atoms with van der Waals surface area (Å²) in [5, 5.41) is 0. The van der Waals surface area contributed by atoms with Gasteiger partial charge in [0.2, 0.25) is 0 Å². The molecule has 0 spiro atoms. The van der Waals surface area contributed by atoms with E-state index in [-0.39, 0.29) is 17.1 Å². The molecule has 0 fully saturated rings. The van der Waals surface area contributed by atoms with Crippen molar-refractivity contribution in [2.45, 2.75) is 0 Å². The normalized spacial score (nSPS) is 10.1. The van der Waals surface area contributed by atoms with Crippen molar-refractivity contribution >= 4 is 5.78 Å². The Bertz CT molecular complexity index is 503. The number of hydrogen-bond acceptors (Lipinski definition) is 3. The lowest BCUT2D eigenvalue weighted by Gasteiger charge is -2.03. The molecule has 0 N–H and O–H groups in total. The van der Waals surface area contributed by atoms with Crippen LogP contribution in [0.4, 0.5) is 4.39 Å². The summed E-state index contributed by atoms with van der Waals surface area (Å²) < 4.78 is 22.9. The number of hydrogen-bond donors (Lipinski definition) is 0. The summed E-state index contributed by atoms with van der Waals surface area (Å²) in [5.74, 6) is -0.726. The van der Waals surface area contributed by atoms with Crippen molar-refractivity contribution in [1.82, 2.24) is 0 Å². The van der Waals surface area contributed by atoms with Crippen LogP contribution in [0.1, 0.15) is 15.9 Å². The molecule has 0 saturated carbocycles. The minimum Gasteiger partial charge on any atom is -0.494 e. The molecule has 2 rings (SSSR count). The zero-order valence-electron chi connectivity index (χ0n) is 8.57. The molecule has 4 heteroatoms. The van der Waals surface area contributed by atoms with Crippen LogP contribution >= 0.6 is 0 Å². The molecule has 2 aromatic rings. The van der Waals surface area contributed by atoms with Crippen LogP contribution in [0.15, 0.2) is 41.2 Å². The zero-order valence-corrected chi connectivity index (χ0v) is 8.57. The molecule has 0 aliphatic heterocycles. The summed E-state index contributed by atoms with van der Waals surface area (Å²) in [6.45, 7) is 0. The molecular weight excluding hydrogens is 211 g/mol. The van der Waals surface area contributed by atoms with Crippen molar-refractivity contribution in [2.24, 2.45) is 0 Å². The van der Waals surface area contributed by atoms with Crippen LogP contribution in [0, 0.1) is 5.82 Å². The van der Waals surface area contributed by atoms with Gasteiger partial charge < -0.3 is 9.15 Å². The van der Waals surface area contributed by atoms with E-state index in [4.69, 9.17) is 9.15 Å². The number of halogens is 1. The highest BCUT2D eigenvalue weighted by molar-refractivity contribution is 6.08. The summed E-state index contributed by atoms with van der Waals surface area (Å²) in [5.41, 5.74) is 0.657. The summed E-state index contributed by atoms with van der Waals surface area (Å²) in [7, 11) is 1.37. The van der Waals surface area contributed by atoms with Gasteiger partial charge in [-0.3, -0.25) is 4.79 Å². The fraction of sp³-hybridized carbons (Fsp3) is 0.0833. The Balaban J connectivity index is 2.35. The van der Waals surface area contributed by atoms with Crippen LogP contribution in [-0.4, -0.2) is 12.9 Å². The Hall–Kier alpha value is -2.10. The van der Waals surface area contributed by atoms with Crippen LogP contribution in [0.2, 0.25) is 0 Å². The standard InChI is InChI=1S/C12H9FO3/c1-15-11-3-2-8(6-10(11)13)12(14)9-4-5-16-7-9/h2-7H,1H3. The number of furan rings is 1. The maximum absolute atomic E-state index is 13.4. The van der Waals surface area contributed by atoms with Crippen molar-refractivity contribution in [3.05, 3.63) is 53.7 Å². The number of ketones is 1. The second kappa shape index (κ2) is 4.18. The number of benzene rings is 1. The largest absolute Gasteiger partial charge is 0.494 e. The fourth-order valence-corrected chi connectivity index (χ4v) is 1.37. The first-order valence-electron chi connectivity index (χ1n) is 4.63. The van der Waals surface area contributed by atoms with Gasteiger partial charge in [0.15, 0.2) is 17.3 Å². The van der Waals surface area contributed by atoms with Crippen molar-refractivity contribution in [3.63, 3.8) is 0 Å². The molecule has 1 aromatic heterocycles. The van der Waals surface area contributed by atoms with Gasteiger partial charge in [-0.1, -0.05) is 0 Å². The molecule has 3 nitrogen and oxygen atoms in total. The van der Waals surface area contributed by atoms with Gasteiger partial charge in [-0.2, -0.15) is 0 Å². The van der Waals surface area contributed by atoms with Crippen molar-refractivity contribution in [2.75, 3.05) is 7.11 Å². The Morgan fingerprint density at radius 1 is 1.31 bits per heavy atom. The van der Waals surface area contributed by atoms with Crippen molar-refractivity contribution in [1.29, 1.82) is 0 Å². The van der Waals surface area contributed by atoms with Gasteiger partial charge in [0, 0.05) is 5.56 Å². The van der Waals surface area contributed by atoms with Crippen LogP contribution in [0.3, 0.4) is 0 Å². The average Bonchev–Trinajstić information content (AvgIpc) is 2.81. The summed E-state index contributed by atoms with van der Waals surface area (Å²) in [6, 6.07) is 5.61. The summed E-state index contributed by atoms with van der Waals surface area (Å²) in [6.07, 6.45) is 2.72. The van der Waals surface area contributed by atoms with Gasteiger partial charge in [-0.05, 0) is 24.3 Å². The highest BCUT2D eigenvalue weighted by atomic mass is 19.1. The Kier molecular flexibility index (Phi) is 2.72. The molecule has 0 saturated heterocycles. The zero-order chi connectivity index (χ0) is 11.5. The Morgan fingerprint density at radius 2 is 2.12 bits per heavy atom. The quantitative estimate of drug-likeness (QED) is 0.746. The van der Waals surface area contributed by atoms with E-state index in [0.717, 1.165) is 6.07 Å². The lowest BCUT2D eigenvalue weighted by Crippen LogP contribution is -2.00. The lowest BCUT2D eigenvalue weighted by atomic mass is 10.1. The molecule has 1 aromatic carbocycles. The fourth-order valence-electron chi connectivity index (χ4n) is 1.37. The molecule has 16 heavy (non-hydrogen) atoms. The van der Waals surface area contributed by atoms with E-state index in [2.05, 4.69) is 0 Å². The van der Waals surface area contributed by atoms with E-state index >= 15 is 0 Å². The lowest BCUT2D eigenvalue weighted by molar-refractivity contribution is 0.103. The van der Waals surface area contributed by atoms with E-state index in [0.29, 0.717) is 5.56 Å². The molecule has 0 bridgehead atoms. The second-order valence-electron chi connectivity index (χ2n) is 3.19. The number of methoxy groups -OCH3 is 1. The first-order chi connectivity index (χ1) is 7.72. The van der Waals surface area contributed by atoms with Gasteiger partial charge in [0.1, 0.15) is 6.26 Å².